The number of benzene rings is 2. The smallest absolute Gasteiger partial charge is 0.229 e. The van der Waals surface area contributed by atoms with Crippen LogP contribution in [0.15, 0.2) is 53.0 Å². The van der Waals surface area contributed by atoms with Crippen molar-refractivity contribution in [2.24, 2.45) is 0 Å². The third-order valence-corrected chi connectivity index (χ3v) is 4.02. The lowest BCUT2D eigenvalue weighted by atomic mass is 10.2. The van der Waals surface area contributed by atoms with E-state index in [-0.39, 0.29) is 5.82 Å². The molecule has 0 unspecified atom stereocenters. The van der Waals surface area contributed by atoms with Gasteiger partial charge in [0.1, 0.15) is 11.6 Å². The molecule has 0 spiro atoms. The maximum Gasteiger partial charge on any atom is 0.229 e. The summed E-state index contributed by atoms with van der Waals surface area (Å²) in [5, 5.41) is 6.16. The van der Waals surface area contributed by atoms with Gasteiger partial charge in [-0.3, -0.25) is 0 Å². The molecule has 2 aromatic carbocycles. The van der Waals surface area contributed by atoms with Crippen molar-refractivity contribution >= 4 is 39.1 Å². The van der Waals surface area contributed by atoms with E-state index in [9.17, 15) is 4.39 Å². The van der Waals surface area contributed by atoms with Crippen LogP contribution in [-0.4, -0.2) is 9.97 Å². The van der Waals surface area contributed by atoms with Gasteiger partial charge in [-0.25, -0.2) is 9.37 Å². The summed E-state index contributed by atoms with van der Waals surface area (Å²) >= 11 is 3.52. The second kappa shape index (κ2) is 6.97. The minimum Gasteiger partial charge on any atom is -0.338 e. The molecule has 0 saturated carbocycles. The zero-order valence-electron chi connectivity index (χ0n) is 13.3. The Hall–Kier alpha value is -2.47. The minimum absolute atomic E-state index is 0.329. The third-order valence-electron chi connectivity index (χ3n) is 3.36. The summed E-state index contributed by atoms with van der Waals surface area (Å²) in [6.45, 7) is 3.89. The maximum absolute atomic E-state index is 13.8. The number of halogens is 2. The highest BCUT2D eigenvalue weighted by atomic mass is 79.9. The normalized spacial score (nSPS) is 10.5. The number of rotatable bonds is 4. The summed E-state index contributed by atoms with van der Waals surface area (Å²) in [5.74, 6) is 0.640. The van der Waals surface area contributed by atoms with Gasteiger partial charge in [-0.15, -0.1) is 0 Å². The molecule has 4 nitrogen and oxygen atoms in total. The van der Waals surface area contributed by atoms with Gasteiger partial charge in [-0.05, 0) is 59.6 Å². The van der Waals surface area contributed by atoms with E-state index in [0.29, 0.717) is 17.5 Å². The Balaban J connectivity index is 1.87. The first-order valence-electron chi connectivity index (χ1n) is 7.42. The van der Waals surface area contributed by atoms with Crippen molar-refractivity contribution in [1.82, 2.24) is 9.97 Å². The topological polar surface area (TPSA) is 49.8 Å². The van der Waals surface area contributed by atoms with Gasteiger partial charge in [-0.1, -0.05) is 18.2 Å². The first kappa shape index (κ1) is 16.4. The van der Waals surface area contributed by atoms with Gasteiger partial charge < -0.3 is 10.6 Å². The Bertz CT molecular complexity index is 883. The Morgan fingerprint density at radius 2 is 1.71 bits per heavy atom. The Morgan fingerprint density at radius 3 is 2.46 bits per heavy atom. The molecular weight excluding hydrogens is 371 g/mol. The lowest BCUT2D eigenvalue weighted by molar-refractivity contribution is 0.632. The molecule has 2 N–H and O–H groups in total. The molecule has 0 aliphatic carbocycles. The fourth-order valence-electron chi connectivity index (χ4n) is 2.23. The van der Waals surface area contributed by atoms with Gasteiger partial charge in [0.25, 0.3) is 0 Å². The second-order valence-corrected chi connectivity index (χ2v) is 6.29. The van der Waals surface area contributed by atoms with E-state index >= 15 is 0 Å². The quantitative estimate of drug-likeness (QED) is 0.622. The number of para-hydroxylation sites is 1. The first-order chi connectivity index (χ1) is 11.5. The fourth-order valence-corrected chi connectivity index (χ4v) is 2.82. The number of aryl methyl sites for hydroxylation is 2. The van der Waals surface area contributed by atoms with Crippen molar-refractivity contribution in [3.05, 3.63) is 70.1 Å². The van der Waals surface area contributed by atoms with Gasteiger partial charge in [-0.2, -0.15) is 4.98 Å². The van der Waals surface area contributed by atoms with E-state index in [1.807, 2.05) is 32.0 Å². The molecule has 3 rings (SSSR count). The lowest BCUT2D eigenvalue weighted by Gasteiger charge is -2.11. The van der Waals surface area contributed by atoms with Crippen LogP contribution in [-0.2, 0) is 0 Å². The highest BCUT2D eigenvalue weighted by molar-refractivity contribution is 9.10. The zero-order valence-corrected chi connectivity index (χ0v) is 14.9. The van der Waals surface area contributed by atoms with Gasteiger partial charge >= 0.3 is 0 Å². The minimum atomic E-state index is -0.329. The maximum atomic E-state index is 13.8. The molecule has 122 valence electrons. The average Bonchev–Trinajstić information content (AvgIpc) is 2.52. The van der Waals surface area contributed by atoms with E-state index < -0.39 is 0 Å². The predicted octanol–water partition coefficient (Wildman–Crippen LogP) is 5.48. The number of nitrogens with one attached hydrogen (secondary N) is 2. The first-order valence-corrected chi connectivity index (χ1v) is 8.21. The number of hydrogen-bond donors (Lipinski definition) is 2. The molecule has 0 bridgehead atoms. The van der Waals surface area contributed by atoms with Gasteiger partial charge in [0.05, 0.1) is 11.4 Å². The number of anilines is 4. The lowest BCUT2D eigenvalue weighted by Crippen LogP contribution is -2.03. The average molecular weight is 387 g/mol. The Labute approximate surface area is 148 Å². The molecule has 0 amide bonds. The fraction of sp³-hybridized carbons (Fsp3) is 0.111. The summed E-state index contributed by atoms with van der Waals surface area (Å²) in [6, 6.07) is 14.2. The number of hydrogen-bond acceptors (Lipinski definition) is 4. The summed E-state index contributed by atoms with van der Waals surface area (Å²) in [7, 11) is 0. The SMILES string of the molecule is Cc1ccc(Nc2nc(C)cc(Nc3ccccc3F)n2)c(Br)c1. The van der Waals surface area contributed by atoms with Crippen LogP contribution >= 0.6 is 15.9 Å². The van der Waals surface area contributed by atoms with E-state index in [0.717, 1.165) is 21.4 Å². The van der Waals surface area contributed by atoms with Crippen molar-refractivity contribution < 1.29 is 4.39 Å². The van der Waals surface area contributed by atoms with Gasteiger partial charge in [0.15, 0.2) is 0 Å². The predicted molar refractivity (Wildman–Crippen MR) is 98.6 cm³/mol. The van der Waals surface area contributed by atoms with Crippen LogP contribution in [0.3, 0.4) is 0 Å². The van der Waals surface area contributed by atoms with Crippen molar-refractivity contribution in [1.29, 1.82) is 0 Å². The van der Waals surface area contributed by atoms with Crippen LogP contribution in [0.2, 0.25) is 0 Å². The molecule has 0 saturated heterocycles. The van der Waals surface area contributed by atoms with E-state index in [1.54, 1.807) is 24.3 Å². The van der Waals surface area contributed by atoms with Crippen molar-refractivity contribution in [2.45, 2.75) is 13.8 Å². The van der Waals surface area contributed by atoms with Crippen molar-refractivity contribution in [3.63, 3.8) is 0 Å². The third kappa shape index (κ3) is 3.89. The van der Waals surface area contributed by atoms with E-state index in [1.165, 1.54) is 6.07 Å². The summed E-state index contributed by atoms with van der Waals surface area (Å²) in [5.41, 5.74) is 3.16. The summed E-state index contributed by atoms with van der Waals surface area (Å²) < 4.78 is 14.7. The summed E-state index contributed by atoms with van der Waals surface area (Å²) in [4.78, 5) is 8.79. The van der Waals surface area contributed by atoms with Crippen LogP contribution in [0.5, 0.6) is 0 Å². The van der Waals surface area contributed by atoms with Crippen molar-refractivity contribution in [3.8, 4) is 0 Å². The van der Waals surface area contributed by atoms with E-state index in [4.69, 9.17) is 0 Å². The second-order valence-electron chi connectivity index (χ2n) is 5.43. The van der Waals surface area contributed by atoms with Crippen molar-refractivity contribution in [2.75, 3.05) is 10.6 Å². The highest BCUT2D eigenvalue weighted by Crippen LogP contribution is 2.26. The zero-order chi connectivity index (χ0) is 17.1. The van der Waals surface area contributed by atoms with Gasteiger partial charge in [0, 0.05) is 16.2 Å². The Morgan fingerprint density at radius 1 is 0.917 bits per heavy atom. The van der Waals surface area contributed by atoms with Crippen LogP contribution in [0, 0.1) is 19.7 Å². The molecule has 1 heterocycles. The molecule has 0 aliphatic heterocycles. The molecule has 0 aliphatic rings. The highest BCUT2D eigenvalue weighted by Gasteiger charge is 2.07. The van der Waals surface area contributed by atoms with Crippen LogP contribution in [0.25, 0.3) is 0 Å². The largest absolute Gasteiger partial charge is 0.338 e. The standard InChI is InChI=1S/C18H16BrFN4/c1-11-7-8-15(13(19)9-11)23-18-21-12(2)10-17(24-18)22-16-6-4-3-5-14(16)20/h3-10H,1-2H3,(H2,21,22,23,24). The number of nitrogens with zero attached hydrogens (tertiary/aromatic N) is 2. The molecule has 6 heteroatoms. The molecule has 0 fully saturated rings. The number of aromatic nitrogens is 2. The van der Waals surface area contributed by atoms with Crippen LogP contribution < -0.4 is 10.6 Å². The molecule has 1 aromatic heterocycles. The monoisotopic (exact) mass is 386 g/mol. The Kier molecular flexibility index (Phi) is 4.76. The van der Waals surface area contributed by atoms with Gasteiger partial charge in [0.2, 0.25) is 5.95 Å². The molecule has 24 heavy (non-hydrogen) atoms. The van der Waals surface area contributed by atoms with Crippen LogP contribution in [0.4, 0.5) is 27.5 Å². The van der Waals surface area contributed by atoms with E-state index in [2.05, 4.69) is 36.5 Å². The molecular formula is C18H16BrFN4. The summed E-state index contributed by atoms with van der Waals surface area (Å²) in [6.07, 6.45) is 0. The van der Waals surface area contributed by atoms with Crippen LogP contribution in [0.1, 0.15) is 11.3 Å². The molecule has 3 aromatic rings. The molecule has 0 radical (unpaired) electrons. The molecule has 0 atom stereocenters.